The lowest BCUT2D eigenvalue weighted by atomic mass is 10.1. The van der Waals surface area contributed by atoms with Crippen LogP contribution in [0.15, 0.2) is 30.3 Å². The summed E-state index contributed by atoms with van der Waals surface area (Å²) in [6.45, 7) is 2.73. The van der Waals surface area contributed by atoms with E-state index in [0.29, 0.717) is 17.8 Å². The van der Waals surface area contributed by atoms with Crippen LogP contribution in [0, 0.1) is 6.92 Å². The Kier molecular flexibility index (Phi) is 6.08. The number of carbonyl (C=O) groups excluding carboxylic acids is 2. The number of nitrogens with one attached hydrogen (secondary N) is 3. The molecule has 0 fully saturated rings. The maximum Gasteiger partial charge on any atom is 0.267 e. The zero-order valence-electron chi connectivity index (χ0n) is 15.5. The van der Waals surface area contributed by atoms with Crippen LogP contribution in [0.5, 0.6) is 0 Å². The number of aliphatic hydroxyl groups excluding tert-OH is 1. The fourth-order valence-corrected chi connectivity index (χ4v) is 3.16. The molecule has 0 atom stereocenters. The molecule has 0 unspecified atom stereocenters. The predicted octanol–water partition coefficient (Wildman–Crippen LogP) is 3.10. The summed E-state index contributed by atoms with van der Waals surface area (Å²) in [6.07, 6.45) is 5.44. The molecule has 27 heavy (non-hydrogen) atoms. The van der Waals surface area contributed by atoms with Crippen LogP contribution in [-0.2, 0) is 4.79 Å². The fourth-order valence-electron chi connectivity index (χ4n) is 3.16. The van der Waals surface area contributed by atoms with Gasteiger partial charge < -0.3 is 20.7 Å². The number of benzene rings is 1. The van der Waals surface area contributed by atoms with Gasteiger partial charge in [0.1, 0.15) is 5.69 Å². The van der Waals surface area contributed by atoms with Crippen molar-refractivity contribution in [1.29, 1.82) is 0 Å². The molecule has 142 valence electrons. The van der Waals surface area contributed by atoms with Crippen LogP contribution in [0.1, 0.15) is 53.0 Å². The summed E-state index contributed by atoms with van der Waals surface area (Å²) in [6, 6.07) is 9.35. The highest BCUT2D eigenvalue weighted by Gasteiger charge is 2.24. The van der Waals surface area contributed by atoms with Crippen LogP contribution in [-0.4, -0.2) is 35.1 Å². The number of rotatable bonds is 8. The summed E-state index contributed by atoms with van der Waals surface area (Å²) in [4.78, 5) is 27.7. The van der Waals surface area contributed by atoms with Gasteiger partial charge >= 0.3 is 0 Å². The minimum atomic E-state index is -0.152. The first-order valence-electron chi connectivity index (χ1n) is 9.31. The second kappa shape index (κ2) is 8.68. The third-order valence-electron chi connectivity index (χ3n) is 4.67. The molecule has 3 rings (SSSR count). The summed E-state index contributed by atoms with van der Waals surface area (Å²) in [5, 5.41) is 14.5. The van der Waals surface area contributed by atoms with Gasteiger partial charge in [0.15, 0.2) is 0 Å². The number of carbonyl (C=O) groups is 2. The van der Waals surface area contributed by atoms with E-state index in [1.54, 1.807) is 12.1 Å². The Morgan fingerprint density at radius 1 is 1.19 bits per heavy atom. The molecule has 0 radical (unpaired) electrons. The number of fused-ring (bicyclic) bond motifs is 1. The summed E-state index contributed by atoms with van der Waals surface area (Å²) < 4.78 is 0. The van der Waals surface area contributed by atoms with E-state index in [-0.39, 0.29) is 18.4 Å². The van der Waals surface area contributed by atoms with Crippen molar-refractivity contribution in [3.63, 3.8) is 0 Å². The van der Waals surface area contributed by atoms with Crippen LogP contribution in [0.4, 0.5) is 5.69 Å². The molecule has 2 heterocycles. The van der Waals surface area contributed by atoms with Gasteiger partial charge in [-0.3, -0.25) is 9.59 Å². The minimum Gasteiger partial charge on any atom is -0.396 e. The Bertz CT molecular complexity index is 867. The van der Waals surface area contributed by atoms with Crippen molar-refractivity contribution in [3.8, 4) is 0 Å². The molecule has 1 aliphatic heterocycles. The second-order valence-electron chi connectivity index (χ2n) is 6.73. The highest BCUT2D eigenvalue weighted by molar-refractivity contribution is 6.34. The highest BCUT2D eigenvalue weighted by atomic mass is 16.3. The molecule has 0 saturated carbocycles. The SMILES string of the molecule is Cc1cc(C(=O)NCCCCCCO)[nH]c1/C=C1\C(=O)Nc2ccccc21. The van der Waals surface area contributed by atoms with Crippen molar-refractivity contribution in [1.82, 2.24) is 10.3 Å². The number of hydrogen-bond donors (Lipinski definition) is 4. The summed E-state index contributed by atoms with van der Waals surface area (Å²) in [5.41, 5.74) is 4.41. The first-order chi connectivity index (χ1) is 13.1. The van der Waals surface area contributed by atoms with Gasteiger partial charge in [-0.15, -0.1) is 0 Å². The Labute approximate surface area is 158 Å². The van der Waals surface area contributed by atoms with E-state index in [9.17, 15) is 9.59 Å². The maximum atomic E-state index is 12.3. The van der Waals surface area contributed by atoms with Gasteiger partial charge in [-0.25, -0.2) is 0 Å². The number of amides is 2. The topological polar surface area (TPSA) is 94.2 Å². The van der Waals surface area contributed by atoms with E-state index in [0.717, 1.165) is 48.2 Å². The van der Waals surface area contributed by atoms with Gasteiger partial charge in [0, 0.05) is 30.1 Å². The number of aryl methyl sites for hydroxylation is 1. The van der Waals surface area contributed by atoms with Crippen LogP contribution in [0.25, 0.3) is 11.6 Å². The number of para-hydroxylation sites is 1. The van der Waals surface area contributed by atoms with Crippen molar-refractivity contribution in [2.45, 2.75) is 32.6 Å². The van der Waals surface area contributed by atoms with Crippen molar-refractivity contribution in [2.24, 2.45) is 0 Å². The first kappa shape index (κ1) is 18.9. The minimum absolute atomic E-state index is 0.140. The number of hydrogen-bond acceptors (Lipinski definition) is 3. The third kappa shape index (κ3) is 4.46. The number of aromatic amines is 1. The first-order valence-corrected chi connectivity index (χ1v) is 9.31. The molecule has 6 heteroatoms. The predicted molar refractivity (Wildman–Crippen MR) is 106 cm³/mol. The average Bonchev–Trinajstić information content (AvgIpc) is 3.18. The molecule has 2 amide bonds. The molecule has 2 aromatic rings. The van der Waals surface area contributed by atoms with Gasteiger partial charge in [0.05, 0.1) is 5.57 Å². The lowest BCUT2D eigenvalue weighted by Crippen LogP contribution is -2.24. The lowest BCUT2D eigenvalue weighted by molar-refractivity contribution is -0.110. The second-order valence-corrected chi connectivity index (χ2v) is 6.73. The molecule has 0 spiro atoms. The van der Waals surface area contributed by atoms with Gasteiger partial charge in [-0.2, -0.15) is 0 Å². The quantitative estimate of drug-likeness (QED) is 0.427. The zero-order valence-corrected chi connectivity index (χ0v) is 15.5. The molecule has 0 saturated heterocycles. The number of unbranched alkanes of at least 4 members (excludes halogenated alkanes) is 3. The van der Waals surface area contributed by atoms with E-state index in [2.05, 4.69) is 15.6 Å². The molecular formula is C21H25N3O3. The summed E-state index contributed by atoms with van der Waals surface area (Å²) >= 11 is 0. The van der Waals surface area contributed by atoms with Crippen LogP contribution < -0.4 is 10.6 Å². The molecule has 1 aromatic carbocycles. The largest absolute Gasteiger partial charge is 0.396 e. The number of aliphatic hydroxyl groups is 1. The molecular weight excluding hydrogens is 342 g/mol. The monoisotopic (exact) mass is 367 g/mol. The number of anilines is 1. The van der Waals surface area contributed by atoms with Crippen molar-refractivity contribution in [3.05, 3.63) is 52.8 Å². The Morgan fingerprint density at radius 3 is 2.78 bits per heavy atom. The molecule has 0 aliphatic carbocycles. The molecule has 6 nitrogen and oxygen atoms in total. The van der Waals surface area contributed by atoms with Crippen molar-refractivity contribution < 1.29 is 14.7 Å². The summed E-state index contributed by atoms with van der Waals surface area (Å²) in [7, 11) is 0. The Hall–Kier alpha value is -2.86. The fraction of sp³-hybridized carbons (Fsp3) is 0.333. The van der Waals surface area contributed by atoms with Crippen LogP contribution in [0.2, 0.25) is 0 Å². The van der Waals surface area contributed by atoms with Crippen LogP contribution in [0.3, 0.4) is 0 Å². The molecule has 1 aliphatic rings. The van der Waals surface area contributed by atoms with Gasteiger partial charge in [0.2, 0.25) is 0 Å². The standard InChI is InChI=1S/C21H25N3O3/c1-14-12-19(21(27)22-10-6-2-3-7-11-25)23-18(14)13-16-15-8-4-5-9-17(15)24-20(16)26/h4-5,8-9,12-13,23,25H,2-3,6-7,10-11H2,1H3,(H,22,27)(H,24,26)/b16-13-. The number of H-pyrrole nitrogens is 1. The normalized spacial score (nSPS) is 14.3. The van der Waals surface area contributed by atoms with Crippen molar-refractivity contribution >= 4 is 29.2 Å². The highest BCUT2D eigenvalue weighted by Crippen LogP contribution is 2.33. The zero-order chi connectivity index (χ0) is 19.2. The molecule has 0 bridgehead atoms. The van der Waals surface area contributed by atoms with Gasteiger partial charge in [-0.1, -0.05) is 31.0 Å². The van der Waals surface area contributed by atoms with Gasteiger partial charge in [0.25, 0.3) is 11.8 Å². The lowest BCUT2D eigenvalue weighted by Gasteiger charge is -2.03. The van der Waals surface area contributed by atoms with E-state index >= 15 is 0 Å². The number of aromatic nitrogens is 1. The van der Waals surface area contributed by atoms with E-state index in [1.165, 1.54) is 0 Å². The Morgan fingerprint density at radius 2 is 1.96 bits per heavy atom. The molecule has 1 aromatic heterocycles. The van der Waals surface area contributed by atoms with Gasteiger partial charge in [-0.05, 0) is 43.5 Å². The maximum absolute atomic E-state index is 12.3. The van der Waals surface area contributed by atoms with E-state index < -0.39 is 0 Å². The average molecular weight is 367 g/mol. The smallest absolute Gasteiger partial charge is 0.267 e. The molecule has 4 N–H and O–H groups in total. The van der Waals surface area contributed by atoms with E-state index in [4.69, 9.17) is 5.11 Å². The Balaban J connectivity index is 1.66. The van der Waals surface area contributed by atoms with E-state index in [1.807, 2.05) is 31.2 Å². The summed E-state index contributed by atoms with van der Waals surface area (Å²) in [5.74, 6) is -0.291. The van der Waals surface area contributed by atoms with Crippen LogP contribution >= 0.6 is 0 Å². The third-order valence-corrected chi connectivity index (χ3v) is 4.67. The van der Waals surface area contributed by atoms with Crippen molar-refractivity contribution in [2.75, 3.05) is 18.5 Å².